The molecular weight excluding hydrogens is 438 g/mol. The Morgan fingerprint density at radius 2 is 1.82 bits per heavy atom. The third kappa shape index (κ3) is 5.94. The van der Waals surface area contributed by atoms with Crippen LogP contribution in [0.5, 0.6) is 5.75 Å². The molecule has 1 aliphatic rings. The summed E-state index contributed by atoms with van der Waals surface area (Å²) < 4.78 is 22.0. The Labute approximate surface area is 200 Å². The molecule has 2 N–H and O–H groups in total. The van der Waals surface area contributed by atoms with Crippen LogP contribution in [-0.4, -0.2) is 42.1 Å². The predicted molar refractivity (Wildman–Crippen MR) is 125 cm³/mol. The smallest absolute Gasteiger partial charge is 0.344 e. The fraction of sp³-hybridized carbons (Fsp3) is 0.462. The fourth-order valence-electron chi connectivity index (χ4n) is 3.60. The van der Waals surface area contributed by atoms with Crippen molar-refractivity contribution < 1.29 is 33.6 Å². The topological polar surface area (TPSA) is 103 Å². The fourth-order valence-corrected chi connectivity index (χ4v) is 3.60. The second-order valence-corrected chi connectivity index (χ2v) is 9.72. The van der Waals surface area contributed by atoms with Gasteiger partial charge in [-0.15, -0.1) is 0 Å². The Balaban J connectivity index is 1.96. The molecule has 0 saturated carbocycles. The van der Waals surface area contributed by atoms with E-state index in [1.807, 2.05) is 6.07 Å². The Hall–Kier alpha value is -2.94. The minimum atomic E-state index is -2.10. The van der Waals surface area contributed by atoms with Crippen LogP contribution in [0.3, 0.4) is 0 Å². The number of carbonyl (C=O) groups is 2. The van der Waals surface area contributed by atoms with Crippen LogP contribution >= 0.6 is 0 Å². The van der Waals surface area contributed by atoms with Crippen LogP contribution in [0, 0.1) is 0 Å². The van der Waals surface area contributed by atoms with Crippen LogP contribution in [-0.2, 0) is 36.0 Å². The molecule has 34 heavy (non-hydrogen) atoms. The van der Waals surface area contributed by atoms with E-state index in [9.17, 15) is 14.7 Å². The lowest BCUT2D eigenvalue weighted by atomic mass is 9.90. The van der Waals surface area contributed by atoms with Gasteiger partial charge < -0.3 is 24.1 Å². The molecule has 0 aromatic heterocycles. The minimum absolute atomic E-state index is 0.253. The molecule has 3 rings (SSSR count). The van der Waals surface area contributed by atoms with Crippen LogP contribution < -0.4 is 10.1 Å². The number of methoxy groups -OCH3 is 1. The zero-order chi connectivity index (χ0) is 25.1. The van der Waals surface area contributed by atoms with Crippen molar-refractivity contribution in [3.8, 4) is 5.75 Å². The number of fused-ring (bicyclic) bond motifs is 1. The number of aliphatic hydroxyl groups is 1. The summed E-state index contributed by atoms with van der Waals surface area (Å²) in [5.74, 6) is -1.56. The molecule has 2 aromatic rings. The zero-order valence-corrected chi connectivity index (χ0v) is 20.5. The molecule has 0 spiro atoms. The van der Waals surface area contributed by atoms with Crippen molar-refractivity contribution in [2.75, 3.05) is 13.7 Å². The summed E-state index contributed by atoms with van der Waals surface area (Å²) in [7, 11) is 1.28. The molecular formula is C26H33NO7. The highest BCUT2D eigenvalue weighted by Gasteiger charge is 2.43. The van der Waals surface area contributed by atoms with E-state index in [1.165, 1.54) is 7.11 Å². The average molecular weight is 472 g/mol. The van der Waals surface area contributed by atoms with E-state index >= 15 is 0 Å². The number of hydrogen-bond donors (Lipinski definition) is 2. The first-order valence-corrected chi connectivity index (χ1v) is 11.1. The van der Waals surface area contributed by atoms with Crippen molar-refractivity contribution >= 4 is 11.9 Å². The van der Waals surface area contributed by atoms with Gasteiger partial charge in [-0.1, -0.05) is 36.4 Å². The molecule has 0 radical (unpaired) electrons. The number of ether oxygens (including phenoxy) is 4. The van der Waals surface area contributed by atoms with Crippen molar-refractivity contribution in [1.82, 2.24) is 5.32 Å². The molecule has 2 atom stereocenters. The first kappa shape index (κ1) is 25.7. The lowest BCUT2D eigenvalue weighted by Gasteiger charge is -2.35. The summed E-state index contributed by atoms with van der Waals surface area (Å²) in [4.78, 5) is 25.8. The largest absolute Gasteiger partial charge is 0.468 e. The van der Waals surface area contributed by atoms with Gasteiger partial charge in [-0.05, 0) is 44.0 Å². The number of nitrogens with one attached hydrogen (secondary N) is 1. The first-order valence-electron chi connectivity index (χ1n) is 11.1. The van der Waals surface area contributed by atoms with Gasteiger partial charge >= 0.3 is 11.9 Å². The highest BCUT2D eigenvalue weighted by atomic mass is 16.7. The van der Waals surface area contributed by atoms with Crippen LogP contribution in [0.1, 0.15) is 57.4 Å². The number of benzene rings is 2. The minimum Gasteiger partial charge on any atom is -0.468 e. The Kier molecular flexibility index (Phi) is 7.35. The summed E-state index contributed by atoms with van der Waals surface area (Å²) in [6, 6.07) is 13.0. The molecule has 0 amide bonds. The van der Waals surface area contributed by atoms with Gasteiger partial charge in [-0.3, -0.25) is 5.32 Å². The van der Waals surface area contributed by atoms with Gasteiger partial charge in [-0.25, -0.2) is 9.59 Å². The molecule has 2 aromatic carbocycles. The third-order valence-electron chi connectivity index (χ3n) is 5.34. The number of esters is 2. The molecule has 1 heterocycles. The Morgan fingerprint density at radius 3 is 2.44 bits per heavy atom. The summed E-state index contributed by atoms with van der Waals surface area (Å²) >= 11 is 0. The summed E-state index contributed by atoms with van der Waals surface area (Å²) in [5.41, 5.74) is -1.33. The van der Waals surface area contributed by atoms with Gasteiger partial charge in [0.2, 0.25) is 5.79 Å². The quantitative estimate of drug-likeness (QED) is 0.593. The maximum Gasteiger partial charge on any atom is 0.344 e. The normalized spacial score (nSPS) is 17.5. The van der Waals surface area contributed by atoms with Crippen molar-refractivity contribution in [1.29, 1.82) is 0 Å². The zero-order valence-electron chi connectivity index (χ0n) is 20.5. The molecule has 184 valence electrons. The van der Waals surface area contributed by atoms with Crippen molar-refractivity contribution in [2.45, 2.75) is 64.3 Å². The number of carbonyl (C=O) groups excluding carboxylic acids is 2. The monoisotopic (exact) mass is 471 g/mol. The number of rotatable bonds is 7. The maximum absolute atomic E-state index is 13.2. The Morgan fingerprint density at radius 1 is 1.15 bits per heavy atom. The molecule has 0 bridgehead atoms. The SMILES string of the molecule is COC(=O)[C@@H](NC[C@@](O)(C(=O)OC(C)(C)C)c1ccc2c(c1)COC(C)(C)O2)c1ccccc1. The summed E-state index contributed by atoms with van der Waals surface area (Å²) in [6.45, 7) is 8.72. The predicted octanol–water partition coefficient (Wildman–Crippen LogP) is 3.36. The standard InChI is InChI=1S/C26H33NO7/c1-24(2,3)34-23(29)26(30,16-27-21(22(28)31-6)17-10-8-7-9-11-17)19-12-13-20-18(14-19)15-32-25(4,5)33-20/h7-14,21,27,30H,15-16H2,1-6H3/t21-,26-/m0/s1. The van der Waals surface area contributed by atoms with Gasteiger partial charge in [0.1, 0.15) is 17.4 Å². The molecule has 0 saturated heterocycles. The van der Waals surface area contributed by atoms with Crippen LogP contribution in [0.25, 0.3) is 0 Å². The van der Waals surface area contributed by atoms with E-state index in [0.29, 0.717) is 16.9 Å². The van der Waals surface area contributed by atoms with Crippen molar-refractivity contribution in [2.24, 2.45) is 0 Å². The maximum atomic E-state index is 13.2. The van der Waals surface area contributed by atoms with Crippen molar-refractivity contribution in [3.63, 3.8) is 0 Å². The lowest BCUT2D eigenvalue weighted by molar-refractivity contribution is -0.181. The van der Waals surface area contributed by atoms with Gasteiger partial charge in [0.15, 0.2) is 5.60 Å². The van der Waals surface area contributed by atoms with Gasteiger partial charge in [0.25, 0.3) is 0 Å². The summed E-state index contributed by atoms with van der Waals surface area (Å²) in [5, 5.41) is 14.7. The summed E-state index contributed by atoms with van der Waals surface area (Å²) in [6.07, 6.45) is 0. The first-order chi connectivity index (χ1) is 15.8. The van der Waals surface area contributed by atoms with E-state index in [2.05, 4.69) is 5.32 Å². The second-order valence-electron chi connectivity index (χ2n) is 9.72. The Bertz CT molecular complexity index is 1030. The second kappa shape index (κ2) is 9.74. The van der Waals surface area contributed by atoms with E-state index < -0.39 is 35.0 Å². The van der Waals surface area contributed by atoms with E-state index in [1.54, 1.807) is 77.1 Å². The van der Waals surface area contributed by atoms with Gasteiger partial charge in [0, 0.05) is 26.0 Å². The van der Waals surface area contributed by atoms with Crippen LogP contribution in [0.4, 0.5) is 0 Å². The van der Waals surface area contributed by atoms with Gasteiger partial charge in [0.05, 0.1) is 13.7 Å². The van der Waals surface area contributed by atoms with Crippen LogP contribution in [0.2, 0.25) is 0 Å². The van der Waals surface area contributed by atoms with Gasteiger partial charge in [-0.2, -0.15) is 0 Å². The van der Waals surface area contributed by atoms with Crippen LogP contribution in [0.15, 0.2) is 48.5 Å². The number of hydrogen-bond acceptors (Lipinski definition) is 8. The molecule has 0 unspecified atom stereocenters. The lowest BCUT2D eigenvalue weighted by Crippen LogP contribution is -2.49. The van der Waals surface area contributed by atoms with E-state index in [-0.39, 0.29) is 18.7 Å². The average Bonchev–Trinajstić information content (AvgIpc) is 2.77. The van der Waals surface area contributed by atoms with E-state index in [4.69, 9.17) is 18.9 Å². The molecule has 0 aliphatic carbocycles. The molecule has 0 fully saturated rings. The van der Waals surface area contributed by atoms with E-state index in [0.717, 1.165) is 0 Å². The van der Waals surface area contributed by atoms with Crippen molar-refractivity contribution in [3.05, 3.63) is 65.2 Å². The molecule has 1 aliphatic heterocycles. The molecule has 8 heteroatoms. The highest BCUT2D eigenvalue weighted by molar-refractivity contribution is 5.82. The highest BCUT2D eigenvalue weighted by Crippen LogP contribution is 2.35. The third-order valence-corrected chi connectivity index (χ3v) is 5.34. The molecule has 8 nitrogen and oxygen atoms in total.